The number of nitrogens with zero attached hydrogens (tertiary/aromatic N) is 1. The van der Waals surface area contributed by atoms with E-state index in [-0.39, 0.29) is 6.29 Å². The fraction of sp³-hybridized carbons (Fsp3) is 0.600. The molecule has 1 aromatic rings. The van der Waals surface area contributed by atoms with Gasteiger partial charge in [-0.1, -0.05) is 13.0 Å². The van der Waals surface area contributed by atoms with Gasteiger partial charge >= 0.3 is 0 Å². The van der Waals surface area contributed by atoms with Crippen molar-refractivity contribution in [3.63, 3.8) is 0 Å². The Morgan fingerprint density at radius 2 is 2.11 bits per heavy atom. The van der Waals surface area contributed by atoms with Crippen LogP contribution < -0.4 is 9.47 Å². The van der Waals surface area contributed by atoms with Crippen molar-refractivity contribution in [1.29, 1.82) is 0 Å². The van der Waals surface area contributed by atoms with E-state index in [2.05, 4.69) is 11.8 Å². The zero-order valence-corrected chi connectivity index (χ0v) is 12.0. The minimum absolute atomic E-state index is 0.118. The van der Waals surface area contributed by atoms with Crippen LogP contribution in [0.5, 0.6) is 11.5 Å². The summed E-state index contributed by atoms with van der Waals surface area (Å²) in [7, 11) is 4.06. The lowest BCUT2D eigenvalue weighted by Crippen LogP contribution is -2.19. The molecule has 1 unspecified atom stereocenters. The van der Waals surface area contributed by atoms with Crippen LogP contribution in [-0.2, 0) is 4.74 Å². The molecule has 0 bridgehead atoms. The standard InChI is InChI=1S/C15H23NO3/c1-12-9-15(18-11-12)19-14-6-4-5-13(10-14)17-8-7-16(2)3/h4-6,10,12,15H,7-9,11H2,1-3H3/t12-,15?/m1/s1. The van der Waals surface area contributed by atoms with Crippen LogP contribution in [0.4, 0.5) is 0 Å². The Morgan fingerprint density at radius 3 is 2.79 bits per heavy atom. The highest BCUT2D eigenvalue weighted by Crippen LogP contribution is 2.25. The van der Waals surface area contributed by atoms with Gasteiger partial charge in [0.1, 0.15) is 18.1 Å². The van der Waals surface area contributed by atoms with Crippen molar-refractivity contribution >= 4 is 0 Å². The third kappa shape index (κ3) is 4.73. The van der Waals surface area contributed by atoms with Gasteiger partial charge in [0.05, 0.1) is 6.61 Å². The van der Waals surface area contributed by atoms with Crippen LogP contribution in [0.1, 0.15) is 13.3 Å². The molecule has 2 atom stereocenters. The van der Waals surface area contributed by atoms with Gasteiger partial charge in [-0.25, -0.2) is 0 Å². The van der Waals surface area contributed by atoms with Gasteiger partial charge < -0.3 is 19.1 Å². The molecule has 4 nitrogen and oxygen atoms in total. The molecule has 1 aromatic carbocycles. The maximum absolute atomic E-state index is 5.80. The minimum Gasteiger partial charge on any atom is -0.492 e. The smallest absolute Gasteiger partial charge is 0.200 e. The first kappa shape index (κ1) is 14.2. The molecule has 1 fully saturated rings. The predicted octanol–water partition coefficient (Wildman–Crippen LogP) is 2.39. The summed E-state index contributed by atoms with van der Waals surface area (Å²) in [6, 6.07) is 7.74. The SMILES string of the molecule is C[C@H]1COC(Oc2cccc(OCCN(C)C)c2)C1. The summed E-state index contributed by atoms with van der Waals surface area (Å²) in [4.78, 5) is 2.09. The first-order valence-corrected chi connectivity index (χ1v) is 6.79. The summed E-state index contributed by atoms with van der Waals surface area (Å²) in [5.41, 5.74) is 0. The van der Waals surface area contributed by atoms with Crippen molar-refractivity contribution in [2.45, 2.75) is 19.6 Å². The molecule has 0 aromatic heterocycles. The van der Waals surface area contributed by atoms with E-state index in [0.717, 1.165) is 31.1 Å². The van der Waals surface area contributed by atoms with Gasteiger partial charge in [-0.3, -0.25) is 0 Å². The molecule has 19 heavy (non-hydrogen) atoms. The van der Waals surface area contributed by atoms with E-state index >= 15 is 0 Å². The van der Waals surface area contributed by atoms with Gasteiger partial charge in [0.2, 0.25) is 0 Å². The normalized spacial score (nSPS) is 22.7. The average molecular weight is 265 g/mol. The molecule has 2 rings (SSSR count). The van der Waals surface area contributed by atoms with Crippen LogP contribution in [0.3, 0.4) is 0 Å². The summed E-state index contributed by atoms with van der Waals surface area (Å²) in [5, 5.41) is 0. The maximum Gasteiger partial charge on any atom is 0.200 e. The summed E-state index contributed by atoms with van der Waals surface area (Å²) < 4.78 is 17.0. The second-order valence-electron chi connectivity index (χ2n) is 5.35. The van der Waals surface area contributed by atoms with Gasteiger partial charge in [-0.05, 0) is 32.1 Å². The number of hydrogen-bond donors (Lipinski definition) is 0. The Balaban J connectivity index is 1.84. The van der Waals surface area contributed by atoms with Crippen LogP contribution in [0.25, 0.3) is 0 Å². The van der Waals surface area contributed by atoms with Crippen molar-refractivity contribution in [3.8, 4) is 11.5 Å². The minimum atomic E-state index is -0.118. The van der Waals surface area contributed by atoms with Gasteiger partial charge in [0.25, 0.3) is 0 Å². The number of benzene rings is 1. The zero-order valence-electron chi connectivity index (χ0n) is 12.0. The fourth-order valence-electron chi connectivity index (χ4n) is 1.95. The fourth-order valence-corrected chi connectivity index (χ4v) is 1.95. The van der Waals surface area contributed by atoms with Gasteiger partial charge in [0.15, 0.2) is 6.29 Å². The van der Waals surface area contributed by atoms with E-state index in [0.29, 0.717) is 12.5 Å². The number of rotatable bonds is 6. The highest BCUT2D eigenvalue weighted by molar-refractivity contribution is 5.33. The van der Waals surface area contributed by atoms with Crippen molar-refractivity contribution in [1.82, 2.24) is 4.90 Å². The van der Waals surface area contributed by atoms with Crippen molar-refractivity contribution in [3.05, 3.63) is 24.3 Å². The summed E-state index contributed by atoms with van der Waals surface area (Å²) in [6.07, 6.45) is 0.832. The number of likely N-dealkylation sites (N-methyl/N-ethyl adjacent to an activating group) is 1. The molecule has 1 aliphatic heterocycles. The van der Waals surface area contributed by atoms with Crippen LogP contribution in [0.2, 0.25) is 0 Å². The Hall–Kier alpha value is -1.26. The molecule has 0 aliphatic carbocycles. The lowest BCUT2D eigenvalue weighted by molar-refractivity contribution is -0.0394. The van der Waals surface area contributed by atoms with Gasteiger partial charge in [-0.15, -0.1) is 0 Å². The topological polar surface area (TPSA) is 30.9 Å². The second kappa shape index (κ2) is 6.78. The van der Waals surface area contributed by atoms with Crippen molar-refractivity contribution in [2.24, 2.45) is 5.92 Å². The van der Waals surface area contributed by atoms with E-state index < -0.39 is 0 Å². The highest BCUT2D eigenvalue weighted by atomic mass is 16.7. The van der Waals surface area contributed by atoms with Crippen molar-refractivity contribution in [2.75, 3.05) is 33.9 Å². The monoisotopic (exact) mass is 265 g/mol. The summed E-state index contributed by atoms with van der Waals surface area (Å²) in [6.45, 7) is 4.52. The van der Waals surface area contributed by atoms with Crippen LogP contribution in [0, 0.1) is 5.92 Å². The van der Waals surface area contributed by atoms with Crippen molar-refractivity contribution < 1.29 is 14.2 Å². The molecular formula is C15H23NO3. The molecule has 0 radical (unpaired) electrons. The maximum atomic E-state index is 5.80. The summed E-state index contributed by atoms with van der Waals surface area (Å²) >= 11 is 0. The van der Waals surface area contributed by atoms with Crippen LogP contribution in [-0.4, -0.2) is 45.0 Å². The molecule has 1 saturated heterocycles. The third-order valence-electron chi connectivity index (χ3n) is 3.04. The Labute approximate surface area is 115 Å². The van der Waals surface area contributed by atoms with E-state index in [1.807, 2.05) is 38.4 Å². The third-order valence-corrected chi connectivity index (χ3v) is 3.04. The van der Waals surface area contributed by atoms with Gasteiger partial charge in [-0.2, -0.15) is 0 Å². The summed E-state index contributed by atoms with van der Waals surface area (Å²) in [5.74, 6) is 2.22. The molecule has 0 spiro atoms. The van der Waals surface area contributed by atoms with Crippen LogP contribution >= 0.6 is 0 Å². The Bertz CT molecular complexity index is 395. The lowest BCUT2D eigenvalue weighted by Gasteiger charge is -2.14. The van der Waals surface area contributed by atoms with E-state index in [9.17, 15) is 0 Å². The van der Waals surface area contributed by atoms with Crippen LogP contribution in [0.15, 0.2) is 24.3 Å². The molecule has 0 amide bonds. The molecule has 4 heteroatoms. The second-order valence-corrected chi connectivity index (χ2v) is 5.35. The number of ether oxygens (including phenoxy) is 3. The predicted molar refractivity (Wildman–Crippen MR) is 74.6 cm³/mol. The molecule has 0 saturated carbocycles. The molecular weight excluding hydrogens is 242 g/mol. The van der Waals surface area contributed by atoms with E-state index in [1.165, 1.54) is 0 Å². The van der Waals surface area contributed by atoms with Gasteiger partial charge in [0, 0.05) is 19.0 Å². The largest absolute Gasteiger partial charge is 0.492 e. The molecule has 1 heterocycles. The Morgan fingerprint density at radius 1 is 1.32 bits per heavy atom. The molecule has 0 N–H and O–H groups in total. The number of hydrogen-bond acceptors (Lipinski definition) is 4. The highest BCUT2D eigenvalue weighted by Gasteiger charge is 2.23. The average Bonchev–Trinajstić information content (AvgIpc) is 2.75. The zero-order chi connectivity index (χ0) is 13.7. The lowest BCUT2D eigenvalue weighted by atomic mass is 10.1. The van der Waals surface area contributed by atoms with E-state index in [4.69, 9.17) is 14.2 Å². The first-order chi connectivity index (χ1) is 9.13. The first-order valence-electron chi connectivity index (χ1n) is 6.79. The molecule has 106 valence electrons. The Kier molecular flexibility index (Phi) is 5.05. The molecule has 1 aliphatic rings. The van der Waals surface area contributed by atoms with E-state index in [1.54, 1.807) is 0 Å². The quantitative estimate of drug-likeness (QED) is 0.790.